The SMILES string of the molecule is O=[N+]([O-])c1ccc(Cl)cc1CNC1CCCOC1. The van der Waals surface area contributed by atoms with Crippen LogP contribution in [-0.2, 0) is 11.3 Å². The number of ether oxygens (including phenoxy) is 1. The molecule has 1 aliphatic rings. The number of hydrogen-bond acceptors (Lipinski definition) is 4. The molecule has 6 heteroatoms. The molecule has 0 aliphatic carbocycles. The van der Waals surface area contributed by atoms with Crippen molar-refractivity contribution < 1.29 is 9.66 Å². The van der Waals surface area contributed by atoms with E-state index in [0.717, 1.165) is 19.4 Å². The number of nitro groups is 1. The summed E-state index contributed by atoms with van der Waals surface area (Å²) in [6.07, 6.45) is 2.06. The standard InChI is InChI=1S/C12H15ClN2O3/c13-10-3-4-12(15(16)17)9(6-10)7-14-11-2-1-5-18-8-11/h3-4,6,11,14H,1-2,5,7-8H2. The monoisotopic (exact) mass is 270 g/mol. The second-order valence-corrected chi connectivity index (χ2v) is 4.76. The maximum atomic E-state index is 10.9. The first kappa shape index (κ1) is 13.3. The molecule has 2 rings (SSSR count). The zero-order chi connectivity index (χ0) is 13.0. The van der Waals surface area contributed by atoms with Crippen LogP contribution in [0, 0.1) is 10.1 Å². The van der Waals surface area contributed by atoms with Gasteiger partial charge in [-0.1, -0.05) is 11.6 Å². The Balaban J connectivity index is 2.03. The molecular weight excluding hydrogens is 256 g/mol. The molecule has 1 aromatic rings. The van der Waals surface area contributed by atoms with E-state index in [1.807, 2.05) is 0 Å². The van der Waals surface area contributed by atoms with Crippen LogP contribution in [0.2, 0.25) is 5.02 Å². The lowest BCUT2D eigenvalue weighted by Gasteiger charge is -2.23. The van der Waals surface area contributed by atoms with E-state index in [1.165, 1.54) is 12.1 Å². The third-order valence-electron chi connectivity index (χ3n) is 2.98. The van der Waals surface area contributed by atoms with Crippen LogP contribution >= 0.6 is 11.6 Å². The first-order valence-electron chi connectivity index (χ1n) is 5.91. The van der Waals surface area contributed by atoms with E-state index in [2.05, 4.69) is 5.32 Å². The minimum atomic E-state index is -0.384. The molecule has 5 nitrogen and oxygen atoms in total. The molecule has 1 aliphatic heterocycles. The van der Waals surface area contributed by atoms with Crippen molar-refractivity contribution in [2.24, 2.45) is 0 Å². The normalized spacial score (nSPS) is 19.7. The van der Waals surface area contributed by atoms with Gasteiger partial charge in [0.15, 0.2) is 0 Å². The maximum Gasteiger partial charge on any atom is 0.273 e. The Morgan fingerprint density at radius 1 is 1.56 bits per heavy atom. The fourth-order valence-electron chi connectivity index (χ4n) is 2.03. The van der Waals surface area contributed by atoms with Crippen molar-refractivity contribution >= 4 is 17.3 Å². The second kappa shape index (κ2) is 6.13. The largest absolute Gasteiger partial charge is 0.380 e. The summed E-state index contributed by atoms with van der Waals surface area (Å²) < 4.78 is 5.35. The van der Waals surface area contributed by atoms with Crippen molar-refractivity contribution in [3.8, 4) is 0 Å². The molecular formula is C12H15ClN2O3. The number of halogens is 1. The topological polar surface area (TPSA) is 64.4 Å². The van der Waals surface area contributed by atoms with E-state index < -0.39 is 0 Å². The number of rotatable bonds is 4. The first-order valence-corrected chi connectivity index (χ1v) is 6.28. The fourth-order valence-corrected chi connectivity index (χ4v) is 2.22. The summed E-state index contributed by atoms with van der Waals surface area (Å²) in [4.78, 5) is 10.5. The molecule has 0 spiro atoms. The van der Waals surface area contributed by atoms with E-state index in [9.17, 15) is 10.1 Å². The van der Waals surface area contributed by atoms with Gasteiger partial charge in [-0.25, -0.2) is 0 Å². The summed E-state index contributed by atoms with van der Waals surface area (Å²) in [6.45, 7) is 1.90. The summed E-state index contributed by atoms with van der Waals surface area (Å²) in [5.74, 6) is 0. The molecule has 1 heterocycles. The summed E-state index contributed by atoms with van der Waals surface area (Å²) >= 11 is 5.87. The van der Waals surface area contributed by atoms with E-state index in [0.29, 0.717) is 23.7 Å². The van der Waals surface area contributed by atoms with Gasteiger partial charge in [0, 0.05) is 35.8 Å². The van der Waals surface area contributed by atoms with Crippen molar-refractivity contribution in [2.45, 2.75) is 25.4 Å². The molecule has 0 aromatic heterocycles. The molecule has 1 fully saturated rings. The Morgan fingerprint density at radius 2 is 2.39 bits per heavy atom. The lowest BCUT2D eigenvalue weighted by atomic mass is 10.1. The average molecular weight is 271 g/mol. The van der Waals surface area contributed by atoms with Crippen molar-refractivity contribution in [1.29, 1.82) is 0 Å². The lowest BCUT2D eigenvalue weighted by molar-refractivity contribution is -0.385. The second-order valence-electron chi connectivity index (χ2n) is 4.33. The molecule has 98 valence electrons. The molecule has 1 saturated heterocycles. The molecule has 0 bridgehead atoms. The maximum absolute atomic E-state index is 10.9. The van der Waals surface area contributed by atoms with E-state index in [4.69, 9.17) is 16.3 Å². The zero-order valence-corrected chi connectivity index (χ0v) is 10.7. The van der Waals surface area contributed by atoms with Gasteiger partial charge in [0.25, 0.3) is 5.69 Å². The average Bonchev–Trinajstić information content (AvgIpc) is 2.37. The van der Waals surface area contributed by atoms with E-state index in [1.54, 1.807) is 6.07 Å². The van der Waals surface area contributed by atoms with Crippen molar-refractivity contribution in [3.05, 3.63) is 38.9 Å². The minimum Gasteiger partial charge on any atom is -0.380 e. The van der Waals surface area contributed by atoms with Crippen LogP contribution in [0.1, 0.15) is 18.4 Å². The van der Waals surface area contributed by atoms with Crippen molar-refractivity contribution in [2.75, 3.05) is 13.2 Å². The van der Waals surface area contributed by atoms with Gasteiger partial charge in [-0.2, -0.15) is 0 Å². The third kappa shape index (κ3) is 3.41. The Kier molecular flexibility index (Phi) is 4.52. The van der Waals surface area contributed by atoms with Crippen LogP contribution in [0.3, 0.4) is 0 Å². The minimum absolute atomic E-state index is 0.101. The molecule has 0 radical (unpaired) electrons. The molecule has 1 aromatic carbocycles. The number of nitrogens with one attached hydrogen (secondary N) is 1. The third-order valence-corrected chi connectivity index (χ3v) is 3.21. The highest BCUT2D eigenvalue weighted by atomic mass is 35.5. The van der Waals surface area contributed by atoms with Gasteiger partial charge in [-0.05, 0) is 25.0 Å². The molecule has 18 heavy (non-hydrogen) atoms. The highest BCUT2D eigenvalue weighted by Crippen LogP contribution is 2.22. The van der Waals surface area contributed by atoms with Gasteiger partial charge in [-0.3, -0.25) is 10.1 Å². The Morgan fingerprint density at radius 3 is 3.06 bits per heavy atom. The van der Waals surface area contributed by atoms with E-state index >= 15 is 0 Å². The van der Waals surface area contributed by atoms with Gasteiger partial charge in [0.2, 0.25) is 0 Å². The van der Waals surface area contributed by atoms with Crippen LogP contribution < -0.4 is 5.32 Å². The molecule has 0 saturated carbocycles. The number of nitro benzene ring substituents is 1. The van der Waals surface area contributed by atoms with Gasteiger partial charge in [0.1, 0.15) is 0 Å². The predicted octanol–water partition coefficient (Wildman–Crippen LogP) is 2.52. The Bertz CT molecular complexity index is 433. The summed E-state index contributed by atoms with van der Waals surface area (Å²) in [7, 11) is 0. The highest BCUT2D eigenvalue weighted by molar-refractivity contribution is 6.30. The predicted molar refractivity (Wildman–Crippen MR) is 68.8 cm³/mol. The van der Waals surface area contributed by atoms with Gasteiger partial charge in [-0.15, -0.1) is 0 Å². The van der Waals surface area contributed by atoms with Crippen LogP contribution in [0.25, 0.3) is 0 Å². The Hall–Kier alpha value is -1.17. The van der Waals surface area contributed by atoms with Gasteiger partial charge < -0.3 is 10.1 Å². The van der Waals surface area contributed by atoms with E-state index in [-0.39, 0.29) is 16.7 Å². The van der Waals surface area contributed by atoms with Crippen LogP contribution in [0.4, 0.5) is 5.69 Å². The molecule has 1 atom stereocenters. The van der Waals surface area contributed by atoms with Crippen LogP contribution in [-0.4, -0.2) is 24.2 Å². The smallest absolute Gasteiger partial charge is 0.273 e. The lowest BCUT2D eigenvalue weighted by Crippen LogP contribution is -2.36. The molecule has 1 unspecified atom stereocenters. The summed E-state index contributed by atoms with van der Waals surface area (Å²) in [6, 6.07) is 4.87. The van der Waals surface area contributed by atoms with Crippen molar-refractivity contribution in [3.63, 3.8) is 0 Å². The number of hydrogen-bond donors (Lipinski definition) is 1. The zero-order valence-electron chi connectivity index (χ0n) is 9.89. The van der Waals surface area contributed by atoms with Crippen LogP contribution in [0.5, 0.6) is 0 Å². The van der Waals surface area contributed by atoms with Crippen LogP contribution in [0.15, 0.2) is 18.2 Å². The summed E-state index contributed by atoms with van der Waals surface area (Å²) in [5, 5.41) is 14.7. The first-order chi connectivity index (χ1) is 8.66. The summed E-state index contributed by atoms with van der Waals surface area (Å²) in [5.41, 5.74) is 0.710. The molecule has 1 N–H and O–H groups in total. The van der Waals surface area contributed by atoms with Crippen molar-refractivity contribution in [1.82, 2.24) is 5.32 Å². The Labute approximate surface area is 110 Å². The fraction of sp³-hybridized carbons (Fsp3) is 0.500. The quantitative estimate of drug-likeness (QED) is 0.674. The number of nitrogens with zero attached hydrogens (tertiary/aromatic N) is 1. The highest BCUT2D eigenvalue weighted by Gasteiger charge is 2.17. The molecule has 0 amide bonds. The van der Waals surface area contributed by atoms with Gasteiger partial charge in [0.05, 0.1) is 11.5 Å². The van der Waals surface area contributed by atoms with Gasteiger partial charge >= 0.3 is 0 Å². The number of benzene rings is 1.